The highest BCUT2D eigenvalue weighted by Crippen LogP contribution is 2.23. The zero-order valence-electron chi connectivity index (χ0n) is 16.5. The molecule has 29 heavy (non-hydrogen) atoms. The van der Waals surface area contributed by atoms with Crippen molar-refractivity contribution in [2.24, 2.45) is 0 Å². The number of carbonyl (C=O) groups excluding carboxylic acids is 1. The third-order valence-corrected chi connectivity index (χ3v) is 5.17. The first-order chi connectivity index (χ1) is 14.2. The predicted molar refractivity (Wildman–Crippen MR) is 111 cm³/mol. The molecule has 1 atom stereocenters. The zero-order chi connectivity index (χ0) is 20.1. The van der Waals surface area contributed by atoms with Crippen LogP contribution in [0.1, 0.15) is 27.7 Å². The van der Waals surface area contributed by atoms with E-state index < -0.39 is 0 Å². The molecule has 2 aromatic carbocycles. The summed E-state index contributed by atoms with van der Waals surface area (Å²) in [5.74, 6) is 0.348. The Morgan fingerprint density at radius 1 is 1.10 bits per heavy atom. The first-order valence-corrected chi connectivity index (χ1v) is 9.89. The van der Waals surface area contributed by atoms with Gasteiger partial charge in [-0.3, -0.25) is 9.69 Å². The van der Waals surface area contributed by atoms with Gasteiger partial charge in [-0.1, -0.05) is 65.3 Å². The molecule has 1 aliphatic heterocycles. The SMILES string of the molecule is Cc1cccc(C(CNC(=O)c2cc(-c3ccccc3)on2)N2CCOCC2)c1. The van der Waals surface area contributed by atoms with Crippen molar-refractivity contribution in [1.82, 2.24) is 15.4 Å². The van der Waals surface area contributed by atoms with Gasteiger partial charge in [0.05, 0.1) is 19.3 Å². The third kappa shape index (κ3) is 4.72. The predicted octanol–water partition coefficient (Wildman–Crippen LogP) is 3.45. The second kappa shape index (κ2) is 9.03. The van der Waals surface area contributed by atoms with Crippen LogP contribution in [-0.2, 0) is 4.74 Å². The number of nitrogens with one attached hydrogen (secondary N) is 1. The largest absolute Gasteiger partial charge is 0.379 e. The van der Waals surface area contributed by atoms with E-state index in [2.05, 4.69) is 46.6 Å². The molecule has 3 aromatic rings. The molecule has 1 N–H and O–H groups in total. The van der Waals surface area contributed by atoms with Gasteiger partial charge in [-0.25, -0.2) is 0 Å². The van der Waals surface area contributed by atoms with E-state index in [1.807, 2.05) is 30.3 Å². The molecule has 1 fully saturated rings. The number of hydrogen-bond acceptors (Lipinski definition) is 5. The lowest BCUT2D eigenvalue weighted by Crippen LogP contribution is -2.43. The van der Waals surface area contributed by atoms with E-state index in [-0.39, 0.29) is 17.6 Å². The number of benzene rings is 2. The second-order valence-corrected chi connectivity index (χ2v) is 7.23. The summed E-state index contributed by atoms with van der Waals surface area (Å²) in [6.45, 7) is 5.68. The van der Waals surface area contributed by atoms with Gasteiger partial charge in [0.1, 0.15) is 0 Å². The van der Waals surface area contributed by atoms with Gasteiger partial charge in [-0.15, -0.1) is 0 Å². The molecule has 1 amide bonds. The van der Waals surface area contributed by atoms with Crippen LogP contribution in [0, 0.1) is 6.92 Å². The maximum Gasteiger partial charge on any atom is 0.273 e. The van der Waals surface area contributed by atoms with Gasteiger partial charge in [0.15, 0.2) is 11.5 Å². The van der Waals surface area contributed by atoms with Crippen LogP contribution in [0.4, 0.5) is 0 Å². The van der Waals surface area contributed by atoms with E-state index in [4.69, 9.17) is 9.26 Å². The van der Waals surface area contributed by atoms with E-state index in [0.29, 0.717) is 25.5 Å². The van der Waals surface area contributed by atoms with Crippen molar-refractivity contribution < 1.29 is 14.1 Å². The Hall–Kier alpha value is -2.96. The average Bonchev–Trinajstić information content (AvgIpc) is 3.26. The summed E-state index contributed by atoms with van der Waals surface area (Å²) < 4.78 is 10.9. The Bertz CT molecular complexity index is 949. The Balaban J connectivity index is 1.47. The van der Waals surface area contributed by atoms with Crippen LogP contribution in [0.25, 0.3) is 11.3 Å². The zero-order valence-corrected chi connectivity index (χ0v) is 16.5. The highest BCUT2D eigenvalue weighted by Gasteiger charge is 2.24. The van der Waals surface area contributed by atoms with Gasteiger partial charge >= 0.3 is 0 Å². The third-order valence-electron chi connectivity index (χ3n) is 5.17. The maximum atomic E-state index is 12.7. The van der Waals surface area contributed by atoms with Crippen LogP contribution in [0.2, 0.25) is 0 Å². The van der Waals surface area contributed by atoms with Gasteiger partial charge < -0.3 is 14.6 Å². The van der Waals surface area contributed by atoms with Crippen molar-refractivity contribution in [3.05, 3.63) is 77.5 Å². The van der Waals surface area contributed by atoms with Crippen molar-refractivity contribution in [2.45, 2.75) is 13.0 Å². The first-order valence-electron chi connectivity index (χ1n) is 9.89. The highest BCUT2D eigenvalue weighted by molar-refractivity contribution is 5.93. The normalized spacial score (nSPS) is 15.8. The van der Waals surface area contributed by atoms with Gasteiger partial charge in [-0.2, -0.15) is 0 Å². The number of ether oxygens (including phenoxy) is 1. The van der Waals surface area contributed by atoms with E-state index in [1.165, 1.54) is 11.1 Å². The quantitative estimate of drug-likeness (QED) is 0.697. The lowest BCUT2D eigenvalue weighted by atomic mass is 10.0. The fourth-order valence-electron chi connectivity index (χ4n) is 3.62. The van der Waals surface area contributed by atoms with E-state index in [9.17, 15) is 4.79 Å². The van der Waals surface area contributed by atoms with Crippen molar-refractivity contribution >= 4 is 5.91 Å². The number of nitrogens with zero attached hydrogens (tertiary/aromatic N) is 2. The van der Waals surface area contributed by atoms with Crippen molar-refractivity contribution in [2.75, 3.05) is 32.8 Å². The summed E-state index contributed by atoms with van der Waals surface area (Å²) in [6, 6.07) is 19.8. The van der Waals surface area contributed by atoms with Crippen molar-refractivity contribution in [3.8, 4) is 11.3 Å². The molecule has 0 spiro atoms. The van der Waals surface area contributed by atoms with Crippen LogP contribution >= 0.6 is 0 Å². The molecular weight excluding hydrogens is 366 g/mol. The lowest BCUT2D eigenvalue weighted by Gasteiger charge is -2.35. The van der Waals surface area contributed by atoms with Crippen molar-refractivity contribution in [1.29, 1.82) is 0 Å². The van der Waals surface area contributed by atoms with E-state index >= 15 is 0 Å². The molecule has 1 aliphatic rings. The van der Waals surface area contributed by atoms with Crippen LogP contribution in [0.5, 0.6) is 0 Å². The monoisotopic (exact) mass is 391 g/mol. The summed E-state index contributed by atoms with van der Waals surface area (Å²) in [4.78, 5) is 15.1. The number of hydrogen-bond donors (Lipinski definition) is 1. The molecule has 0 radical (unpaired) electrons. The molecular formula is C23H25N3O3. The Labute approximate surface area is 170 Å². The van der Waals surface area contributed by atoms with Crippen LogP contribution in [-0.4, -0.2) is 48.8 Å². The standard InChI is InChI=1S/C23H25N3O3/c1-17-6-5-9-19(14-17)21(26-10-12-28-13-11-26)16-24-23(27)20-15-22(29-25-20)18-7-3-2-4-8-18/h2-9,14-15,21H,10-13,16H2,1H3,(H,24,27). The maximum absolute atomic E-state index is 12.7. The Morgan fingerprint density at radius 3 is 2.66 bits per heavy atom. The minimum atomic E-state index is -0.234. The molecule has 1 unspecified atom stereocenters. The van der Waals surface area contributed by atoms with Gasteiger partial charge in [0.25, 0.3) is 5.91 Å². The molecule has 0 aliphatic carbocycles. The van der Waals surface area contributed by atoms with Crippen molar-refractivity contribution in [3.63, 3.8) is 0 Å². The molecule has 2 heterocycles. The molecule has 0 saturated carbocycles. The molecule has 0 bridgehead atoms. The number of aryl methyl sites for hydroxylation is 1. The molecule has 6 heteroatoms. The summed E-state index contributed by atoms with van der Waals surface area (Å²) in [6.07, 6.45) is 0. The Morgan fingerprint density at radius 2 is 1.90 bits per heavy atom. The number of morpholine rings is 1. The fraction of sp³-hybridized carbons (Fsp3) is 0.304. The first kappa shape index (κ1) is 19.4. The minimum absolute atomic E-state index is 0.0863. The summed E-state index contributed by atoms with van der Waals surface area (Å²) in [5.41, 5.74) is 3.58. The molecule has 150 valence electrons. The van der Waals surface area contributed by atoms with Gasteiger partial charge in [0, 0.05) is 31.3 Å². The molecule has 1 saturated heterocycles. The van der Waals surface area contributed by atoms with E-state index in [0.717, 1.165) is 18.7 Å². The van der Waals surface area contributed by atoms with Crippen LogP contribution in [0.15, 0.2) is 65.2 Å². The number of carbonyl (C=O) groups is 1. The van der Waals surface area contributed by atoms with Crippen LogP contribution in [0.3, 0.4) is 0 Å². The van der Waals surface area contributed by atoms with Crippen LogP contribution < -0.4 is 5.32 Å². The second-order valence-electron chi connectivity index (χ2n) is 7.23. The summed E-state index contributed by atoms with van der Waals surface area (Å²) in [7, 11) is 0. The van der Waals surface area contributed by atoms with Gasteiger partial charge in [-0.05, 0) is 12.5 Å². The smallest absolute Gasteiger partial charge is 0.273 e. The summed E-state index contributed by atoms with van der Waals surface area (Å²) in [5, 5.41) is 6.98. The average molecular weight is 391 g/mol. The molecule has 4 rings (SSSR count). The molecule has 1 aromatic heterocycles. The Kier molecular flexibility index (Phi) is 6.03. The van der Waals surface area contributed by atoms with Gasteiger partial charge in [0.2, 0.25) is 0 Å². The number of amides is 1. The highest BCUT2D eigenvalue weighted by atomic mass is 16.5. The minimum Gasteiger partial charge on any atom is -0.379 e. The molecule has 6 nitrogen and oxygen atoms in total. The topological polar surface area (TPSA) is 67.6 Å². The fourth-order valence-corrected chi connectivity index (χ4v) is 3.62. The number of aromatic nitrogens is 1. The lowest BCUT2D eigenvalue weighted by molar-refractivity contribution is 0.0162. The summed E-state index contributed by atoms with van der Waals surface area (Å²) >= 11 is 0. The van der Waals surface area contributed by atoms with E-state index in [1.54, 1.807) is 6.07 Å². The number of rotatable bonds is 6.